The van der Waals surface area contributed by atoms with Crippen molar-refractivity contribution in [3.8, 4) is 5.82 Å². The second kappa shape index (κ2) is 9.23. The van der Waals surface area contributed by atoms with Gasteiger partial charge in [0.15, 0.2) is 5.76 Å². The van der Waals surface area contributed by atoms with Crippen molar-refractivity contribution < 1.29 is 14.0 Å². The summed E-state index contributed by atoms with van der Waals surface area (Å²) in [6.45, 7) is 1.88. The zero-order valence-electron chi connectivity index (χ0n) is 15.6. The highest BCUT2D eigenvalue weighted by molar-refractivity contribution is 7.98. The molecule has 3 aromatic rings. The topological polar surface area (TPSA) is 102 Å². The van der Waals surface area contributed by atoms with Gasteiger partial charge in [-0.3, -0.25) is 14.2 Å². The number of furan rings is 1. The molecule has 0 bridgehead atoms. The van der Waals surface area contributed by atoms with E-state index in [0.717, 1.165) is 11.6 Å². The van der Waals surface area contributed by atoms with Gasteiger partial charge >= 0.3 is 0 Å². The number of hydrogen-bond acceptors (Lipinski definition) is 6. The number of aryl methyl sites for hydroxylation is 1. The van der Waals surface area contributed by atoms with E-state index in [0.29, 0.717) is 17.9 Å². The minimum atomic E-state index is -0.680. The number of rotatable bonds is 8. The molecule has 3 aromatic heterocycles. The summed E-state index contributed by atoms with van der Waals surface area (Å²) in [6, 6.07) is 6.06. The van der Waals surface area contributed by atoms with Gasteiger partial charge in [-0.05, 0) is 49.6 Å². The molecule has 0 aliphatic rings. The summed E-state index contributed by atoms with van der Waals surface area (Å²) in [4.78, 5) is 33.4. The number of imidazole rings is 1. The van der Waals surface area contributed by atoms with Crippen LogP contribution in [0.4, 0.5) is 5.69 Å². The van der Waals surface area contributed by atoms with Gasteiger partial charge in [0.25, 0.3) is 5.91 Å². The number of thioether (sulfide) groups is 1. The van der Waals surface area contributed by atoms with Crippen molar-refractivity contribution in [3.05, 3.63) is 60.7 Å². The first-order valence-electron chi connectivity index (χ1n) is 8.69. The first-order chi connectivity index (χ1) is 13.6. The molecular weight excluding hydrogens is 378 g/mol. The van der Waals surface area contributed by atoms with E-state index >= 15 is 0 Å². The monoisotopic (exact) mass is 399 g/mol. The Hall–Kier alpha value is -3.07. The molecule has 0 saturated heterocycles. The molecule has 0 aromatic carbocycles. The van der Waals surface area contributed by atoms with Gasteiger partial charge in [-0.2, -0.15) is 11.8 Å². The summed E-state index contributed by atoms with van der Waals surface area (Å²) in [7, 11) is 0. The van der Waals surface area contributed by atoms with Crippen LogP contribution in [0.15, 0.2) is 53.5 Å². The Morgan fingerprint density at radius 1 is 1.29 bits per heavy atom. The molecular formula is C19H21N5O3S. The van der Waals surface area contributed by atoms with Gasteiger partial charge in [0.2, 0.25) is 5.91 Å². The predicted molar refractivity (Wildman–Crippen MR) is 108 cm³/mol. The number of hydrogen-bond donors (Lipinski definition) is 2. The van der Waals surface area contributed by atoms with E-state index in [9.17, 15) is 9.59 Å². The van der Waals surface area contributed by atoms with Gasteiger partial charge < -0.3 is 15.1 Å². The molecule has 0 aliphatic carbocycles. The Balaban J connectivity index is 1.67. The van der Waals surface area contributed by atoms with Crippen LogP contribution in [0.25, 0.3) is 5.82 Å². The largest absolute Gasteiger partial charge is 0.459 e. The molecule has 3 rings (SSSR count). The molecule has 1 atom stereocenters. The molecule has 0 fully saturated rings. The lowest BCUT2D eigenvalue weighted by atomic mass is 10.2. The highest BCUT2D eigenvalue weighted by atomic mass is 32.2. The van der Waals surface area contributed by atoms with E-state index in [4.69, 9.17) is 4.42 Å². The zero-order valence-corrected chi connectivity index (χ0v) is 16.4. The molecule has 28 heavy (non-hydrogen) atoms. The number of nitrogens with one attached hydrogen (secondary N) is 2. The van der Waals surface area contributed by atoms with Gasteiger partial charge in [-0.15, -0.1) is 0 Å². The van der Waals surface area contributed by atoms with Crippen molar-refractivity contribution in [2.24, 2.45) is 0 Å². The van der Waals surface area contributed by atoms with Crippen LogP contribution in [-0.4, -0.2) is 44.4 Å². The van der Waals surface area contributed by atoms with Crippen LogP contribution in [-0.2, 0) is 4.79 Å². The second-order valence-corrected chi connectivity index (χ2v) is 7.01. The highest BCUT2D eigenvalue weighted by Crippen LogP contribution is 2.13. The van der Waals surface area contributed by atoms with E-state index in [2.05, 4.69) is 20.6 Å². The molecule has 2 N–H and O–H groups in total. The Labute approximate surface area is 166 Å². The standard InChI is InChI=1S/C19H21N5O3S/c1-13-20-8-9-24(13)17-6-5-14(12-21-17)22-18(25)15(7-11-28-2)23-19(26)16-4-3-10-27-16/h3-6,8-10,12,15H,7,11H2,1-2H3,(H,22,25)(H,23,26). The molecule has 9 heteroatoms. The van der Waals surface area contributed by atoms with Crippen molar-refractivity contribution in [3.63, 3.8) is 0 Å². The zero-order chi connectivity index (χ0) is 19.9. The normalized spacial score (nSPS) is 11.8. The fraction of sp³-hybridized carbons (Fsp3) is 0.263. The smallest absolute Gasteiger partial charge is 0.287 e. The number of nitrogens with zero attached hydrogens (tertiary/aromatic N) is 3. The molecule has 8 nitrogen and oxygen atoms in total. The maximum Gasteiger partial charge on any atom is 0.287 e. The fourth-order valence-electron chi connectivity index (χ4n) is 2.59. The van der Waals surface area contributed by atoms with Crippen LogP contribution in [0.3, 0.4) is 0 Å². The number of amides is 2. The fourth-order valence-corrected chi connectivity index (χ4v) is 3.07. The van der Waals surface area contributed by atoms with Crippen LogP contribution in [0.2, 0.25) is 0 Å². The summed E-state index contributed by atoms with van der Waals surface area (Å²) < 4.78 is 6.93. The second-order valence-electron chi connectivity index (χ2n) is 6.02. The summed E-state index contributed by atoms with van der Waals surface area (Å²) in [5.74, 6) is 1.70. The predicted octanol–water partition coefficient (Wildman–Crippen LogP) is 2.66. The van der Waals surface area contributed by atoms with Crippen molar-refractivity contribution >= 4 is 29.3 Å². The third-order valence-electron chi connectivity index (χ3n) is 4.07. The van der Waals surface area contributed by atoms with Crippen molar-refractivity contribution in [2.75, 3.05) is 17.3 Å². The van der Waals surface area contributed by atoms with Crippen molar-refractivity contribution in [2.45, 2.75) is 19.4 Å². The number of carbonyl (C=O) groups is 2. The van der Waals surface area contributed by atoms with Crippen LogP contribution in [0, 0.1) is 6.92 Å². The molecule has 0 spiro atoms. The number of aromatic nitrogens is 3. The van der Waals surface area contributed by atoms with Crippen LogP contribution >= 0.6 is 11.8 Å². The Morgan fingerprint density at radius 2 is 2.14 bits per heavy atom. The Bertz CT molecular complexity index is 921. The van der Waals surface area contributed by atoms with E-state index in [-0.39, 0.29) is 11.7 Å². The lowest BCUT2D eigenvalue weighted by molar-refractivity contribution is -0.118. The van der Waals surface area contributed by atoms with Crippen LogP contribution in [0.1, 0.15) is 22.8 Å². The molecule has 1 unspecified atom stereocenters. The molecule has 0 radical (unpaired) electrons. The quantitative estimate of drug-likeness (QED) is 0.604. The lowest BCUT2D eigenvalue weighted by Crippen LogP contribution is -2.44. The van der Waals surface area contributed by atoms with E-state index in [1.807, 2.05) is 23.9 Å². The lowest BCUT2D eigenvalue weighted by Gasteiger charge is -2.17. The summed E-state index contributed by atoms with van der Waals surface area (Å²) >= 11 is 1.60. The average Bonchev–Trinajstić information content (AvgIpc) is 3.37. The number of carbonyl (C=O) groups excluding carboxylic acids is 2. The third kappa shape index (κ3) is 4.80. The molecule has 3 heterocycles. The Morgan fingerprint density at radius 3 is 2.75 bits per heavy atom. The molecule has 146 valence electrons. The van der Waals surface area contributed by atoms with E-state index in [1.165, 1.54) is 6.26 Å². The SMILES string of the molecule is CSCCC(NC(=O)c1ccco1)C(=O)Nc1ccc(-n2ccnc2C)nc1. The minimum absolute atomic E-state index is 0.170. The third-order valence-corrected chi connectivity index (χ3v) is 4.71. The summed E-state index contributed by atoms with van der Waals surface area (Å²) in [5, 5.41) is 5.53. The van der Waals surface area contributed by atoms with Crippen molar-refractivity contribution in [1.82, 2.24) is 19.9 Å². The highest BCUT2D eigenvalue weighted by Gasteiger charge is 2.22. The van der Waals surface area contributed by atoms with Crippen LogP contribution in [0.5, 0.6) is 0 Å². The van der Waals surface area contributed by atoms with Gasteiger partial charge in [-0.1, -0.05) is 0 Å². The van der Waals surface area contributed by atoms with Gasteiger partial charge in [-0.25, -0.2) is 9.97 Å². The maximum atomic E-state index is 12.7. The summed E-state index contributed by atoms with van der Waals surface area (Å²) in [6.07, 6.45) is 8.96. The number of anilines is 1. The first kappa shape index (κ1) is 19.7. The molecule has 2 amide bonds. The molecule has 0 saturated carbocycles. The van der Waals surface area contributed by atoms with Gasteiger partial charge in [0, 0.05) is 12.4 Å². The van der Waals surface area contributed by atoms with E-state index in [1.54, 1.807) is 48.4 Å². The number of pyridine rings is 1. The van der Waals surface area contributed by atoms with Crippen molar-refractivity contribution in [1.29, 1.82) is 0 Å². The minimum Gasteiger partial charge on any atom is -0.459 e. The summed E-state index contributed by atoms with van der Waals surface area (Å²) in [5.41, 5.74) is 0.549. The van der Waals surface area contributed by atoms with E-state index < -0.39 is 11.9 Å². The maximum absolute atomic E-state index is 12.7. The average molecular weight is 399 g/mol. The van der Waals surface area contributed by atoms with Gasteiger partial charge in [0.1, 0.15) is 17.7 Å². The first-order valence-corrected chi connectivity index (χ1v) is 10.1. The Kier molecular flexibility index (Phi) is 6.49. The van der Waals surface area contributed by atoms with Gasteiger partial charge in [0.05, 0.1) is 18.1 Å². The molecule has 0 aliphatic heterocycles. The van der Waals surface area contributed by atoms with Crippen LogP contribution < -0.4 is 10.6 Å².